The predicted octanol–water partition coefficient (Wildman–Crippen LogP) is 3.53. The highest BCUT2D eigenvalue weighted by Gasteiger charge is 2.25. The molecule has 3 aromatic rings. The van der Waals surface area contributed by atoms with Crippen molar-refractivity contribution in [2.24, 2.45) is 0 Å². The van der Waals surface area contributed by atoms with Crippen molar-refractivity contribution < 1.29 is 27.2 Å². The quantitative estimate of drug-likeness (QED) is 0.412. The number of aromatic nitrogens is 1. The van der Waals surface area contributed by atoms with E-state index >= 15 is 0 Å². The monoisotopic (exact) mass is 436 g/mol. The molecule has 0 saturated carbocycles. The lowest BCUT2D eigenvalue weighted by molar-refractivity contribution is -0.0258. The molecule has 0 atom stereocenters. The predicted molar refractivity (Wildman–Crippen MR) is 104 cm³/mol. The first-order valence-electron chi connectivity index (χ1n) is 8.32. The van der Waals surface area contributed by atoms with Gasteiger partial charge in [-0.2, -0.15) is 0 Å². The molecule has 8 nitrogen and oxygen atoms in total. The zero-order valence-electron chi connectivity index (χ0n) is 15.5. The molecule has 3 rings (SSSR count). The van der Waals surface area contributed by atoms with Gasteiger partial charge in [-0.1, -0.05) is 34.3 Å². The molecule has 1 heterocycles. The lowest BCUT2D eigenvalue weighted by Crippen LogP contribution is -2.26. The number of esters is 1. The summed E-state index contributed by atoms with van der Waals surface area (Å²) in [6.07, 6.45) is 1.39. The van der Waals surface area contributed by atoms with Gasteiger partial charge in [0.1, 0.15) is 23.5 Å². The molecule has 0 unspecified atom stereocenters. The van der Waals surface area contributed by atoms with Crippen LogP contribution in [-0.2, 0) is 26.2 Å². The first-order chi connectivity index (χ1) is 13.8. The van der Waals surface area contributed by atoms with Gasteiger partial charge in [-0.3, -0.25) is 4.84 Å². The van der Waals surface area contributed by atoms with Crippen molar-refractivity contribution in [1.82, 2.24) is 9.45 Å². The molecule has 10 heteroatoms. The largest absolute Gasteiger partial charge is 0.455 e. The number of halogens is 1. The number of rotatable bonds is 7. The summed E-state index contributed by atoms with van der Waals surface area (Å²) in [4.78, 5) is 21.1. The highest BCUT2D eigenvalue weighted by atomic mass is 35.5. The molecule has 1 aromatic heterocycles. The molecule has 29 heavy (non-hydrogen) atoms. The molecule has 0 bridgehead atoms. The first-order valence-corrected chi connectivity index (χ1v) is 10.1. The third-order valence-electron chi connectivity index (χ3n) is 3.96. The Bertz CT molecular complexity index is 1110. The van der Waals surface area contributed by atoms with Crippen molar-refractivity contribution in [1.29, 1.82) is 0 Å². The van der Waals surface area contributed by atoms with E-state index in [-0.39, 0.29) is 22.1 Å². The fourth-order valence-electron chi connectivity index (χ4n) is 2.37. The van der Waals surface area contributed by atoms with Crippen molar-refractivity contribution in [2.75, 3.05) is 14.2 Å². The number of hydroxylamine groups is 1. The summed E-state index contributed by atoms with van der Waals surface area (Å²) < 4.78 is 36.1. The third kappa shape index (κ3) is 4.65. The van der Waals surface area contributed by atoms with E-state index in [4.69, 9.17) is 25.6 Å². The summed E-state index contributed by atoms with van der Waals surface area (Å²) in [6, 6.07) is 13.1. The van der Waals surface area contributed by atoms with Crippen LogP contribution in [0.1, 0.15) is 16.1 Å². The van der Waals surface area contributed by atoms with Gasteiger partial charge >= 0.3 is 5.97 Å². The number of carbonyl (C=O) groups excluding carboxylic acids is 1. The molecule has 152 valence electrons. The zero-order chi connectivity index (χ0) is 21.0. The molecule has 0 amide bonds. The van der Waals surface area contributed by atoms with Crippen LogP contribution >= 0.6 is 11.6 Å². The van der Waals surface area contributed by atoms with Crippen molar-refractivity contribution in [3.8, 4) is 11.5 Å². The molecule has 0 aliphatic heterocycles. The minimum atomic E-state index is -4.03. The summed E-state index contributed by atoms with van der Waals surface area (Å²) in [5, 5.41) is -0.0468. The van der Waals surface area contributed by atoms with Crippen molar-refractivity contribution in [3.05, 3.63) is 71.1 Å². The molecule has 0 radical (unpaired) electrons. The van der Waals surface area contributed by atoms with E-state index in [1.165, 1.54) is 32.6 Å². The van der Waals surface area contributed by atoms with Crippen LogP contribution in [0, 0.1) is 0 Å². The second-order valence-corrected chi connectivity index (χ2v) is 8.14. The zero-order valence-corrected chi connectivity index (χ0v) is 17.1. The maximum Gasteiger partial charge on any atom is 0.338 e. The highest BCUT2D eigenvalue weighted by Crippen LogP contribution is 2.26. The third-order valence-corrected chi connectivity index (χ3v) is 6.13. The number of ether oxygens (including phenoxy) is 1. The lowest BCUT2D eigenvalue weighted by atomic mass is 10.2. The van der Waals surface area contributed by atoms with Gasteiger partial charge in [-0.05, 0) is 30.3 Å². The van der Waals surface area contributed by atoms with Gasteiger partial charge < -0.3 is 9.15 Å². The summed E-state index contributed by atoms with van der Waals surface area (Å²) in [7, 11) is -1.61. The van der Waals surface area contributed by atoms with Gasteiger partial charge in [-0.25, -0.2) is 18.2 Å². The Kier molecular flexibility index (Phi) is 6.33. The number of oxazole rings is 1. The molecule has 0 spiro atoms. The molecule has 0 fully saturated rings. The number of hydrogen-bond acceptors (Lipinski definition) is 7. The molecule has 0 N–H and O–H groups in total. The Hall–Kier alpha value is -2.72. The number of nitrogens with zero attached hydrogens (tertiary/aromatic N) is 2. The Labute approximate surface area is 172 Å². The van der Waals surface area contributed by atoms with Gasteiger partial charge in [0, 0.05) is 12.6 Å². The average molecular weight is 437 g/mol. The average Bonchev–Trinajstić information content (AvgIpc) is 3.21. The van der Waals surface area contributed by atoms with Crippen molar-refractivity contribution >= 4 is 27.6 Å². The normalized spacial score (nSPS) is 11.6. The van der Waals surface area contributed by atoms with Gasteiger partial charge in [0.2, 0.25) is 5.89 Å². The van der Waals surface area contributed by atoms with Crippen LogP contribution < -0.4 is 0 Å². The number of benzene rings is 2. The maximum absolute atomic E-state index is 12.4. The summed E-state index contributed by atoms with van der Waals surface area (Å²) >= 11 is 5.98. The van der Waals surface area contributed by atoms with E-state index in [0.717, 1.165) is 11.6 Å². The van der Waals surface area contributed by atoms with Crippen LogP contribution in [0.25, 0.3) is 11.5 Å². The van der Waals surface area contributed by atoms with Gasteiger partial charge in [0.15, 0.2) is 0 Å². The lowest BCUT2D eigenvalue weighted by Gasteiger charge is -2.15. The van der Waals surface area contributed by atoms with Crippen LogP contribution in [0.5, 0.6) is 0 Å². The fourth-order valence-corrected chi connectivity index (χ4v) is 3.85. The topological polar surface area (TPSA) is 98.9 Å². The van der Waals surface area contributed by atoms with Crippen LogP contribution in [-0.4, -0.2) is 38.0 Å². The van der Waals surface area contributed by atoms with Gasteiger partial charge in [0.25, 0.3) is 10.0 Å². The number of hydrogen-bond donors (Lipinski definition) is 0. The highest BCUT2D eigenvalue weighted by molar-refractivity contribution is 7.89. The molecular formula is C19H17ClN2O6S. The van der Waals surface area contributed by atoms with Gasteiger partial charge in [-0.15, -0.1) is 0 Å². The second kappa shape index (κ2) is 8.75. The Morgan fingerprint density at radius 1 is 1.21 bits per heavy atom. The second-order valence-electron chi connectivity index (χ2n) is 5.83. The Balaban J connectivity index is 1.74. The SMILES string of the molecule is CON(C)S(=O)(=O)c1cc(C(=O)OCc2coc(-c3ccccc3)n2)ccc1Cl. The smallest absolute Gasteiger partial charge is 0.338 e. The molecular weight excluding hydrogens is 420 g/mol. The van der Waals surface area contributed by atoms with Crippen LogP contribution in [0.3, 0.4) is 0 Å². The number of carbonyl (C=O) groups is 1. The molecule has 0 saturated heterocycles. The Morgan fingerprint density at radius 2 is 1.93 bits per heavy atom. The maximum atomic E-state index is 12.4. The molecule has 0 aliphatic carbocycles. The fraction of sp³-hybridized carbons (Fsp3) is 0.158. The van der Waals surface area contributed by atoms with Crippen LogP contribution in [0.15, 0.2) is 64.1 Å². The number of sulfonamides is 1. The van der Waals surface area contributed by atoms with E-state index in [1.807, 2.05) is 30.3 Å². The summed E-state index contributed by atoms with van der Waals surface area (Å²) in [5.41, 5.74) is 1.22. The summed E-state index contributed by atoms with van der Waals surface area (Å²) in [5.74, 6) is -0.332. The standard InChI is InChI=1S/C19H17ClN2O6S/c1-22(26-2)29(24,25)17-10-14(8-9-16(17)20)19(23)28-12-15-11-27-18(21-15)13-6-4-3-5-7-13/h3-11H,12H2,1-2H3. The van der Waals surface area contributed by atoms with E-state index in [0.29, 0.717) is 16.1 Å². The summed E-state index contributed by atoms with van der Waals surface area (Å²) in [6.45, 7) is -0.141. The minimum Gasteiger partial charge on any atom is -0.455 e. The van der Waals surface area contributed by atoms with E-state index in [1.54, 1.807) is 0 Å². The molecule has 2 aromatic carbocycles. The Morgan fingerprint density at radius 3 is 2.62 bits per heavy atom. The van der Waals surface area contributed by atoms with E-state index in [2.05, 4.69) is 4.98 Å². The van der Waals surface area contributed by atoms with Crippen molar-refractivity contribution in [3.63, 3.8) is 0 Å². The van der Waals surface area contributed by atoms with Gasteiger partial charge in [0.05, 0.1) is 17.7 Å². The van der Waals surface area contributed by atoms with Crippen LogP contribution in [0.2, 0.25) is 5.02 Å². The van der Waals surface area contributed by atoms with Crippen molar-refractivity contribution in [2.45, 2.75) is 11.5 Å². The molecule has 0 aliphatic rings. The van der Waals surface area contributed by atoms with E-state index < -0.39 is 16.0 Å². The van der Waals surface area contributed by atoms with E-state index in [9.17, 15) is 13.2 Å². The minimum absolute atomic E-state index is 0.0178. The van der Waals surface area contributed by atoms with Crippen LogP contribution in [0.4, 0.5) is 0 Å². The first kappa shape index (κ1) is 21.0.